The van der Waals surface area contributed by atoms with E-state index in [2.05, 4.69) is 41.3 Å². The minimum absolute atomic E-state index is 0.101. The van der Waals surface area contributed by atoms with Crippen LogP contribution in [-0.2, 0) is 20.7 Å². The van der Waals surface area contributed by atoms with Gasteiger partial charge in [-0.3, -0.25) is 19.5 Å². The second-order valence-corrected chi connectivity index (χ2v) is 21.9. The first-order valence-electron chi connectivity index (χ1n) is 24.8. The van der Waals surface area contributed by atoms with Gasteiger partial charge in [-0.2, -0.15) is 0 Å². The fourth-order valence-electron chi connectivity index (χ4n) is 10.2. The molecule has 4 aliphatic heterocycles. The van der Waals surface area contributed by atoms with Crippen molar-refractivity contribution < 1.29 is 42.9 Å². The van der Waals surface area contributed by atoms with E-state index < -0.39 is 34.6 Å². The van der Waals surface area contributed by atoms with E-state index in [0.29, 0.717) is 85.0 Å². The lowest BCUT2D eigenvalue weighted by Crippen LogP contribution is -2.53. The van der Waals surface area contributed by atoms with E-state index in [4.69, 9.17) is 30.8 Å². The van der Waals surface area contributed by atoms with E-state index in [1.807, 2.05) is 40.8 Å². The molecule has 17 nitrogen and oxygen atoms in total. The Kier molecular flexibility index (Phi) is 16.0. The van der Waals surface area contributed by atoms with Crippen molar-refractivity contribution in [1.82, 2.24) is 34.9 Å². The summed E-state index contributed by atoms with van der Waals surface area (Å²) in [7, 11) is 1.56. The van der Waals surface area contributed by atoms with Gasteiger partial charge in [-0.15, -0.1) is 11.3 Å². The minimum Gasteiger partial charge on any atom is -0.493 e. The van der Waals surface area contributed by atoms with E-state index in [-0.39, 0.29) is 65.3 Å². The molecule has 3 N–H and O–H groups in total. The monoisotopic (exact) mass is 1040 g/mol. The number of ether oxygens (including phenoxy) is 3. The molecule has 1 unspecified atom stereocenters. The number of amides is 3. The molecule has 73 heavy (non-hydrogen) atoms. The number of halogens is 2. The molecule has 3 amide bonds. The van der Waals surface area contributed by atoms with Crippen LogP contribution in [0.4, 0.5) is 9.18 Å². The molecule has 4 aliphatic rings. The number of carboxylic acids is 1. The van der Waals surface area contributed by atoms with E-state index in [0.717, 1.165) is 36.8 Å². The molecule has 2 aromatic heterocycles. The highest BCUT2D eigenvalue weighted by Gasteiger charge is 2.45. The molecule has 0 aliphatic carbocycles. The van der Waals surface area contributed by atoms with Gasteiger partial charge in [0.25, 0.3) is 0 Å². The Hall–Kier alpha value is -6.31. The number of piperazine rings is 1. The number of rotatable bonds is 19. The standard InChI is InChI=1S/C53H64ClFN8O9S/c1-8-71-49(67)43-37(58-46(47-56-17-21-73-47)59-45(43)33-14-13-15-36(55)44(33)54)29-60-18-19-62-32(26-60)27-61(51(62)69)30-53(5,6)50(68)57-16-11-9-10-12-20-72-41-22-31-23-42(52(2,3)4)63-28-35(48(65)66)39(64)25-38(63)34(31)24-40(41)70-7/h13-15,17,21-22,24-25,28,32,42,45H,8-12,16,18-20,23,26-27,29-30H2,1-7H3,(H,57,68)(H,58,59)(H,65,66)/t32-,42?,45-/m0/s1. The minimum atomic E-state index is -1.25. The number of pyridine rings is 1. The third-order valence-corrected chi connectivity index (χ3v) is 15.1. The molecule has 0 bridgehead atoms. The maximum absolute atomic E-state index is 14.8. The van der Waals surface area contributed by atoms with Crippen LogP contribution in [-0.4, -0.2) is 131 Å². The molecule has 4 aromatic rings. The van der Waals surface area contributed by atoms with Gasteiger partial charge >= 0.3 is 18.0 Å². The highest BCUT2D eigenvalue weighted by atomic mass is 35.5. The normalized spacial score (nSPS) is 18.9. The Balaban J connectivity index is 0.821. The quantitative estimate of drug-likeness (QED) is 0.0612. The molecule has 6 heterocycles. The van der Waals surface area contributed by atoms with Gasteiger partial charge in [0.05, 0.1) is 48.1 Å². The Morgan fingerprint density at radius 3 is 2.52 bits per heavy atom. The van der Waals surface area contributed by atoms with Crippen molar-refractivity contribution in [3.05, 3.63) is 108 Å². The van der Waals surface area contributed by atoms with Gasteiger partial charge in [0, 0.05) is 92.5 Å². The average molecular weight is 1040 g/mol. The number of methoxy groups -OCH3 is 1. The number of carbonyl (C=O) groups is 4. The van der Waals surface area contributed by atoms with Crippen molar-refractivity contribution >= 4 is 52.7 Å². The molecule has 20 heteroatoms. The number of nitrogens with one attached hydrogen (secondary N) is 2. The number of aliphatic imine (C=N–C) groups is 1. The first-order valence-corrected chi connectivity index (χ1v) is 26.0. The summed E-state index contributed by atoms with van der Waals surface area (Å²) >= 11 is 7.88. The molecule has 2 fully saturated rings. The zero-order chi connectivity index (χ0) is 52.4. The fourth-order valence-corrected chi connectivity index (χ4v) is 11.0. The van der Waals surface area contributed by atoms with Crippen LogP contribution in [0.15, 0.2) is 75.2 Å². The zero-order valence-corrected chi connectivity index (χ0v) is 44.0. The number of esters is 1. The molecule has 8 rings (SSSR count). The van der Waals surface area contributed by atoms with E-state index in [1.165, 1.54) is 35.7 Å². The number of amidine groups is 1. The Labute approximate surface area is 433 Å². The number of aromatic nitrogens is 2. The van der Waals surface area contributed by atoms with Crippen LogP contribution in [0.1, 0.15) is 106 Å². The van der Waals surface area contributed by atoms with Crippen molar-refractivity contribution in [2.45, 2.75) is 91.8 Å². The average Bonchev–Trinajstić information content (AvgIpc) is 3.99. The molecule has 2 saturated heterocycles. The number of carboxylic acid groups (broad SMARTS) is 1. The summed E-state index contributed by atoms with van der Waals surface area (Å²) in [6.45, 7) is 15.2. The lowest BCUT2D eigenvalue weighted by molar-refractivity contribution is -0.139. The molecule has 390 valence electrons. The molecular weight excluding hydrogens is 979 g/mol. The van der Waals surface area contributed by atoms with Crippen molar-refractivity contribution in [2.24, 2.45) is 15.8 Å². The number of thiazole rings is 1. The maximum atomic E-state index is 14.8. The second kappa shape index (κ2) is 22.0. The number of carbonyl (C=O) groups excluding carboxylic acids is 3. The predicted octanol–water partition coefficient (Wildman–Crippen LogP) is 7.73. The zero-order valence-electron chi connectivity index (χ0n) is 42.4. The summed E-state index contributed by atoms with van der Waals surface area (Å²) in [5.74, 6) is -1.07. The van der Waals surface area contributed by atoms with Gasteiger partial charge in [0.2, 0.25) is 5.91 Å². The van der Waals surface area contributed by atoms with Gasteiger partial charge in [0.15, 0.2) is 27.8 Å². The number of unbranched alkanes of at least 4 members (excludes halogenated alkanes) is 3. The van der Waals surface area contributed by atoms with Crippen LogP contribution in [0.25, 0.3) is 11.3 Å². The lowest BCUT2D eigenvalue weighted by Gasteiger charge is -2.39. The second-order valence-electron chi connectivity index (χ2n) is 20.6. The maximum Gasteiger partial charge on any atom is 0.341 e. The summed E-state index contributed by atoms with van der Waals surface area (Å²) in [5, 5.41) is 18.4. The number of hydrogen-bond donors (Lipinski definition) is 3. The number of benzene rings is 2. The Morgan fingerprint density at radius 1 is 1.03 bits per heavy atom. The summed E-state index contributed by atoms with van der Waals surface area (Å²) < 4.78 is 34.3. The van der Waals surface area contributed by atoms with E-state index >= 15 is 0 Å². The summed E-state index contributed by atoms with van der Waals surface area (Å²) in [4.78, 5) is 80.8. The Bertz CT molecular complexity index is 2880. The summed E-state index contributed by atoms with van der Waals surface area (Å²) in [5.41, 5.74) is 1.60. The SMILES string of the molecule is CCOC(=O)C1=C(CN2CCN3C(=O)N(CC(C)(C)C(=O)NCCCCCCOc4cc5c(cc4OC)-c4cc(=O)c(C(=O)O)cn4C(C(C)(C)C)C5)C[C@@H]3C2)NC(c2nccs2)=N[C@H]1c1cccc(F)c1Cl. The third-order valence-electron chi connectivity index (χ3n) is 14.0. The summed E-state index contributed by atoms with van der Waals surface area (Å²) in [6, 6.07) is 8.32. The van der Waals surface area contributed by atoms with E-state index in [1.54, 1.807) is 31.2 Å². The van der Waals surface area contributed by atoms with Gasteiger partial charge in [-0.1, -0.05) is 57.3 Å². The van der Waals surface area contributed by atoms with Crippen molar-refractivity contribution in [2.75, 3.05) is 66.1 Å². The molecule has 3 atom stereocenters. The van der Waals surface area contributed by atoms with Crippen LogP contribution in [0.2, 0.25) is 5.02 Å². The van der Waals surface area contributed by atoms with Gasteiger partial charge in [0.1, 0.15) is 17.4 Å². The molecule has 0 radical (unpaired) electrons. The molecule has 0 spiro atoms. The highest BCUT2D eigenvalue weighted by Crippen LogP contribution is 2.46. The first-order chi connectivity index (χ1) is 34.8. The van der Waals surface area contributed by atoms with E-state index in [9.17, 15) is 33.5 Å². The lowest BCUT2D eigenvalue weighted by atomic mass is 9.78. The van der Waals surface area contributed by atoms with Crippen LogP contribution in [0, 0.1) is 16.6 Å². The van der Waals surface area contributed by atoms with Crippen molar-refractivity contribution in [3.63, 3.8) is 0 Å². The third kappa shape index (κ3) is 11.4. The largest absolute Gasteiger partial charge is 0.493 e. The molecular formula is C53H64ClFN8O9S. The number of fused-ring (bicyclic) bond motifs is 4. The summed E-state index contributed by atoms with van der Waals surface area (Å²) in [6.07, 6.45) is 7.02. The first kappa shape index (κ1) is 53.0. The van der Waals surface area contributed by atoms with Crippen LogP contribution in [0.3, 0.4) is 0 Å². The van der Waals surface area contributed by atoms with Crippen LogP contribution >= 0.6 is 22.9 Å². The van der Waals surface area contributed by atoms with Gasteiger partial charge in [-0.05, 0) is 69.2 Å². The topological polar surface area (TPSA) is 197 Å². The molecule has 0 saturated carbocycles. The van der Waals surface area contributed by atoms with Gasteiger partial charge in [-0.25, -0.2) is 23.8 Å². The number of urea groups is 1. The highest BCUT2D eigenvalue weighted by molar-refractivity contribution is 7.11. The van der Waals surface area contributed by atoms with Gasteiger partial charge < -0.3 is 44.3 Å². The van der Waals surface area contributed by atoms with Crippen LogP contribution in [0.5, 0.6) is 11.5 Å². The molecule has 2 aromatic carbocycles. The van der Waals surface area contributed by atoms with Crippen LogP contribution < -0.4 is 25.5 Å². The predicted molar refractivity (Wildman–Crippen MR) is 276 cm³/mol. The van der Waals surface area contributed by atoms with Crippen molar-refractivity contribution in [1.29, 1.82) is 0 Å². The van der Waals surface area contributed by atoms with Crippen molar-refractivity contribution in [3.8, 4) is 22.8 Å². The number of aromatic carboxylic acids is 1. The number of hydrogen-bond acceptors (Lipinski definition) is 13. The Morgan fingerprint density at radius 2 is 1.81 bits per heavy atom. The number of nitrogens with zero attached hydrogens (tertiary/aromatic N) is 6. The fraction of sp³-hybridized carbons (Fsp3) is 0.491. The smallest absolute Gasteiger partial charge is 0.341 e.